The van der Waals surface area contributed by atoms with Gasteiger partial charge in [-0.15, -0.1) is 0 Å². The van der Waals surface area contributed by atoms with Gasteiger partial charge in [0.1, 0.15) is 0 Å². The molecule has 0 radical (unpaired) electrons. The molecule has 3 N–H and O–H groups in total. The molecule has 0 aliphatic carbocycles. The summed E-state index contributed by atoms with van der Waals surface area (Å²) in [5, 5.41) is 24.1. The number of fused-ring (bicyclic) bond motifs is 1. The van der Waals surface area contributed by atoms with Gasteiger partial charge in [-0.25, -0.2) is 4.98 Å². The number of pyridine rings is 1. The van der Waals surface area contributed by atoms with E-state index < -0.39 is 5.91 Å². The Kier molecular flexibility index (Phi) is 5.16. The second-order valence-corrected chi connectivity index (χ2v) is 6.10. The fourth-order valence-electron chi connectivity index (χ4n) is 2.56. The molecule has 128 valence electrons. The number of aliphatic hydroxyl groups is 1. The van der Waals surface area contributed by atoms with Crippen molar-refractivity contribution in [1.82, 2.24) is 10.3 Å². The van der Waals surface area contributed by atoms with Gasteiger partial charge in [-0.1, -0.05) is 35.9 Å². The third kappa shape index (κ3) is 3.90. The molecule has 0 spiro atoms. The Hall–Kier alpha value is -2.63. The van der Waals surface area contributed by atoms with Crippen LogP contribution in [-0.2, 0) is 13.0 Å². The van der Waals surface area contributed by atoms with Gasteiger partial charge in [-0.2, -0.15) is 0 Å². The number of nitrogens with one attached hydrogen (secondary N) is 1. The van der Waals surface area contributed by atoms with Crippen molar-refractivity contribution in [3.63, 3.8) is 0 Å². The molecule has 0 fully saturated rings. The van der Waals surface area contributed by atoms with Crippen molar-refractivity contribution in [2.75, 3.05) is 6.61 Å². The number of hydrogen-bond donors (Lipinski definition) is 3. The molecule has 0 saturated heterocycles. The molecular weight excluding hydrogens is 340 g/mol. The predicted molar refractivity (Wildman–Crippen MR) is 96.8 cm³/mol. The molecule has 0 aliphatic rings. The van der Waals surface area contributed by atoms with Crippen molar-refractivity contribution in [1.29, 1.82) is 0 Å². The van der Waals surface area contributed by atoms with Crippen LogP contribution >= 0.6 is 11.6 Å². The maximum absolute atomic E-state index is 12.4. The zero-order valence-corrected chi connectivity index (χ0v) is 14.1. The first-order chi connectivity index (χ1) is 12.1. The molecule has 6 heteroatoms. The zero-order chi connectivity index (χ0) is 17.8. The van der Waals surface area contributed by atoms with E-state index in [2.05, 4.69) is 10.3 Å². The van der Waals surface area contributed by atoms with Crippen LogP contribution in [0.15, 0.2) is 48.7 Å². The lowest BCUT2D eigenvalue weighted by Crippen LogP contribution is -2.23. The standard InChI is InChI=1S/C19H17ClN2O3/c20-15-5-2-13(3-6-15)10-22-19(25)17-18(24)16-9-12(7-8-23)1-4-14(16)11-21-17/h1-6,9,11,23-24H,7-8,10H2,(H,22,25). The van der Waals surface area contributed by atoms with Crippen LogP contribution in [0.2, 0.25) is 5.02 Å². The van der Waals surface area contributed by atoms with Gasteiger partial charge in [0.2, 0.25) is 0 Å². The summed E-state index contributed by atoms with van der Waals surface area (Å²) in [5.41, 5.74) is 1.75. The highest BCUT2D eigenvalue weighted by molar-refractivity contribution is 6.30. The molecule has 3 rings (SSSR count). The van der Waals surface area contributed by atoms with E-state index in [0.717, 1.165) is 16.5 Å². The number of benzene rings is 2. The number of nitrogens with zero attached hydrogens (tertiary/aromatic N) is 1. The molecule has 1 amide bonds. The first-order valence-electron chi connectivity index (χ1n) is 7.82. The number of aliphatic hydroxyl groups excluding tert-OH is 1. The lowest BCUT2D eigenvalue weighted by atomic mass is 10.0. The van der Waals surface area contributed by atoms with Crippen molar-refractivity contribution >= 4 is 28.3 Å². The van der Waals surface area contributed by atoms with Crippen LogP contribution in [0.1, 0.15) is 21.6 Å². The summed E-state index contributed by atoms with van der Waals surface area (Å²) in [6.07, 6.45) is 2.03. The highest BCUT2D eigenvalue weighted by atomic mass is 35.5. The normalized spacial score (nSPS) is 10.8. The van der Waals surface area contributed by atoms with Crippen LogP contribution < -0.4 is 5.32 Å². The minimum absolute atomic E-state index is 0.0196. The second kappa shape index (κ2) is 7.51. The lowest BCUT2D eigenvalue weighted by Gasteiger charge is -2.09. The predicted octanol–water partition coefficient (Wildman–Crippen LogP) is 3.06. The van der Waals surface area contributed by atoms with Crippen molar-refractivity contribution in [3.8, 4) is 5.75 Å². The number of amides is 1. The Morgan fingerprint density at radius 2 is 1.84 bits per heavy atom. The number of carbonyl (C=O) groups excluding carboxylic acids is 1. The maximum atomic E-state index is 12.4. The smallest absolute Gasteiger partial charge is 0.274 e. The van der Waals surface area contributed by atoms with Crippen molar-refractivity contribution in [2.24, 2.45) is 0 Å². The minimum Gasteiger partial charge on any atom is -0.505 e. The van der Waals surface area contributed by atoms with Crippen LogP contribution in [0.3, 0.4) is 0 Å². The Morgan fingerprint density at radius 1 is 1.12 bits per heavy atom. The number of halogens is 1. The first-order valence-corrected chi connectivity index (χ1v) is 8.20. The summed E-state index contributed by atoms with van der Waals surface area (Å²) < 4.78 is 0. The molecule has 0 saturated carbocycles. The van der Waals surface area contributed by atoms with Crippen molar-refractivity contribution in [3.05, 3.63) is 70.5 Å². The summed E-state index contributed by atoms with van der Waals surface area (Å²) in [6.45, 7) is 0.325. The van der Waals surface area contributed by atoms with Crippen molar-refractivity contribution < 1.29 is 15.0 Å². The maximum Gasteiger partial charge on any atom is 0.274 e. The van der Waals surface area contributed by atoms with Gasteiger partial charge in [0.15, 0.2) is 11.4 Å². The molecule has 0 bridgehead atoms. The summed E-state index contributed by atoms with van der Waals surface area (Å²) in [4.78, 5) is 16.4. The van der Waals surface area contributed by atoms with Crippen molar-refractivity contribution in [2.45, 2.75) is 13.0 Å². The van der Waals surface area contributed by atoms with E-state index in [9.17, 15) is 9.90 Å². The summed E-state index contributed by atoms with van der Waals surface area (Å²) in [7, 11) is 0. The average molecular weight is 357 g/mol. The van der Waals surface area contributed by atoms with Gasteiger partial charge in [0.05, 0.1) is 0 Å². The number of aromatic nitrogens is 1. The molecule has 1 aromatic heterocycles. The second-order valence-electron chi connectivity index (χ2n) is 5.66. The van der Waals surface area contributed by atoms with E-state index >= 15 is 0 Å². The van der Waals surface area contributed by atoms with Gasteiger partial charge in [-0.3, -0.25) is 4.79 Å². The summed E-state index contributed by atoms with van der Waals surface area (Å²) in [6, 6.07) is 12.6. The summed E-state index contributed by atoms with van der Waals surface area (Å²) in [5.74, 6) is -0.618. The molecule has 2 aromatic carbocycles. The molecule has 0 unspecified atom stereocenters. The summed E-state index contributed by atoms with van der Waals surface area (Å²) >= 11 is 5.84. The molecular formula is C19H17ClN2O3. The van der Waals surface area contributed by atoms with Crippen LogP contribution in [-0.4, -0.2) is 27.7 Å². The van der Waals surface area contributed by atoms with Gasteiger partial charge in [0, 0.05) is 35.1 Å². The van der Waals surface area contributed by atoms with E-state index in [-0.39, 0.29) is 18.1 Å². The largest absolute Gasteiger partial charge is 0.505 e. The highest BCUT2D eigenvalue weighted by Crippen LogP contribution is 2.28. The Bertz CT molecular complexity index is 910. The number of rotatable bonds is 5. The fourth-order valence-corrected chi connectivity index (χ4v) is 2.69. The van der Waals surface area contributed by atoms with E-state index in [1.54, 1.807) is 24.4 Å². The van der Waals surface area contributed by atoms with Gasteiger partial charge in [-0.05, 0) is 35.7 Å². The monoisotopic (exact) mass is 356 g/mol. The van der Waals surface area contributed by atoms with E-state index in [1.165, 1.54) is 0 Å². The minimum atomic E-state index is -0.457. The first kappa shape index (κ1) is 17.2. The topological polar surface area (TPSA) is 82.5 Å². The molecule has 5 nitrogen and oxygen atoms in total. The quantitative estimate of drug-likeness (QED) is 0.656. The molecule has 0 atom stereocenters. The van der Waals surface area contributed by atoms with Crippen LogP contribution in [0.4, 0.5) is 0 Å². The van der Waals surface area contributed by atoms with Gasteiger partial charge in [0.25, 0.3) is 5.91 Å². The molecule has 1 heterocycles. The van der Waals surface area contributed by atoms with E-state index in [0.29, 0.717) is 23.4 Å². The van der Waals surface area contributed by atoms with Crippen LogP contribution in [0.25, 0.3) is 10.8 Å². The molecule has 0 aliphatic heterocycles. The van der Waals surface area contributed by atoms with Gasteiger partial charge >= 0.3 is 0 Å². The molecule has 3 aromatic rings. The third-order valence-corrected chi connectivity index (χ3v) is 4.16. The average Bonchev–Trinajstić information content (AvgIpc) is 2.62. The number of hydrogen-bond acceptors (Lipinski definition) is 4. The van der Waals surface area contributed by atoms with E-state index in [1.807, 2.05) is 24.3 Å². The number of aromatic hydroxyl groups is 1. The zero-order valence-electron chi connectivity index (χ0n) is 13.4. The Morgan fingerprint density at radius 3 is 2.56 bits per heavy atom. The lowest BCUT2D eigenvalue weighted by molar-refractivity contribution is 0.0943. The third-order valence-electron chi connectivity index (χ3n) is 3.91. The fraction of sp³-hybridized carbons (Fsp3) is 0.158. The van der Waals surface area contributed by atoms with Crippen LogP contribution in [0, 0.1) is 0 Å². The molecule has 25 heavy (non-hydrogen) atoms. The van der Waals surface area contributed by atoms with Gasteiger partial charge < -0.3 is 15.5 Å². The van der Waals surface area contributed by atoms with E-state index in [4.69, 9.17) is 16.7 Å². The van der Waals surface area contributed by atoms with Crippen LogP contribution in [0.5, 0.6) is 5.75 Å². The SMILES string of the molecule is O=C(NCc1ccc(Cl)cc1)c1ncc2ccc(CCO)cc2c1O. The number of carbonyl (C=O) groups is 1. The highest BCUT2D eigenvalue weighted by Gasteiger charge is 2.16. The Balaban J connectivity index is 1.82. The Labute approximate surface area is 149 Å².